The second-order valence-corrected chi connectivity index (χ2v) is 6.29. The van der Waals surface area contributed by atoms with Crippen molar-refractivity contribution in [3.05, 3.63) is 50.1 Å². The van der Waals surface area contributed by atoms with Crippen LogP contribution in [-0.2, 0) is 0 Å². The smallest absolute Gasteiger partial charge is 0.175 e. The molecule has 2 aromatic rings. The first kappa shape index (κ1) is 17.6. The van der Waals surface area contributed by atoms with E-state index in [0.29, 0.717) is 16.5 Å². The van der Waals surface area contributed by atoms with Gasteiger partial charge in [0.1, 0.15) is 6.61 Å². The molecule has 3 nitrogen and oxygen atoms in total. The average molecular weight is 440 g/mol. The molecule has 2 aromatic carbocycles. The Bertz CT molecular complexity index is 781. The molecular formula is C18H15ClINO2. The van der Waals surface area contributed by atoms with Gasteiger partial charge in [-0.2, -0.15) is 0 Å². The molecule has 0 radical (unpaired) electrons. The van der Waals surface area contributed by atoms with Crippen LogP contribution in [0, 0.1) is 22.8 Å². The van der Waals surface area contributed by atoms with Crippen LogP contribution in [0.5, 0.6) is 11.5 Å². The first-order valence-corrected chi connectivity index (χ1v) is 8.25. The zero-order valence-corrected chi connectivity index (χ0v) is 15.7. The van der Waals surface area contributed by atoms with Crippen LogP contribution in [0.25, 0.3) is 0 Å². The highest BCUT2D eigenvalue weighted by Crippen LogP contribution is 2.33. The summed E-state index contributed by atoms with van der Waals surface area (Å²) in [7, 11) is 1.59. The summed E-state index contributed by atoms with van der Waals surface area (Å²) < 4.78 is 11.8. The molecule has 2 rings (SSSR count). The van der Waals surface area contributed by atoms with Gasteiger partial charge in [0.25, 0.3) is 0 Å². The van der Waals surface area contributed by atoms with E-state index < -0.39 is 0 Å². The van der Waals surface area contributed by atoms with Crippen molar-refractivity contribution in [3.8, 4) is 23.8 Å². The van der Waals surface area contributed by atoms with E-state index in [-0.39, 0.29) is 6.61 Å². The van der Waals surface area contributed by atoms with Crippen molar-refractivity contribution in [2.45, 2.75) is 6.92 Å². The number of ether oxygens (including phenoxy) is 2. The maximum atomic E-state index is 6.11. The van der Waals surface area contributed by atoms with Crippen LogP contribution >= 0.6 is 34.2 Å². The van der Waals surface area contributed by atoms with Gasteiger partial charge in [0.15, 0.2) is 11.5 Å². The van der Waals surface area contributed by atoms with Crippen molar-refractivity contribution < 1.29 is 9.47 Å². The van der Waals surface area contributed by atoms with Gasteiger partial charge in [-0.1, -0.05) is 23.6 Å². The third kappa shape index (κ3) is 4.63. The Morgan fingerprint density at radius 3 is 2.78 bits per heavy atom. The SMILES string of the molecule is C#CCOc1c(I)cc(C=Nc2ccc(C)c(Cl)c2)cc1OC. The van der Waals surface area contributed by atoms with E-state index in [2.05, 4.69) is 33.5 Å². The molecule has 23 heavy (non-hydrogen) atoms. The van der Waals surface area contributed by atoms with Gasteiger partial charge >= 0.3 is 0 Å². The van der Waals surface area contributed by atoms with Crippen molar-refractivity contribution >= 4 is 46.1 Å². The topological polar surface area (TPSA) is 30.8 Å². The van der Waals surface area contributed by atoms with Crippen molar-refractivity contribution in [2.24, 2.45) is 4.99 Å². The summed E-state index contributed by atoms with van der Waals surface area (Å²) in [4.78, 5) is 4.45. The summed E-state index contributed by atoms with van der Waals surface area (Å²) in [6.45, 7) is 2.15. The van der Waals surface area contributed by atoms with Crippen LogP contribution in [0.3, 0.4) is 0 Å². The van der Waals surface area contributed by atoms with Gasteiger partial charge in [-0.15, -0.1) is 6.42 Å². The number of benzene rings is 2. The molecule has 0 amide bonds. The van der Waals surface area contributed by atoms with Crippen molar-refractivity contribution in [3.63, 3.8) is 0 Å². The Balaban J connectivity index is 2.29. The van der Waals surface area contributed by atoms with Crippen LogP contribution < -0.4 is 9.47 Å². The Morgan fingerprint density at radius 2 is 2.13 bits per heavy atom. The Kier molecular flexibility index (Phi) is 6.31. The second kappa shape index (κ2) is 8.23. The van der Waals surface area contributed by atoms with Crippen LogP contribution in [0.4, 0.5) is 5.69 Å². The quantitative estimate of drug-likeness (QED) is 0.372. The molecule has 0 atom stereocenters. The molecule has 0 heterocycles. The van der Waals surface area contributed by atoms with Gasteiger partial charge in [-0.25, -0.2) is 0 Å². The number of hydrogen-bond acceptors (Lipinski definition) is 3. The van der Waals surface area contributed by atoms with E-state index >= 15 is 0 Å². The number of rotatable bonds is 5. The molecule has 0 saturated heterocycles. The fourth-order valence-electron chi connectivity index (χ4n) is 1.88. The highest BCUT2D eigenvalue weighted by molar-refractivity contribution is 14.1. The van der Waals surface area contributed by atoms with E-state index in [1.807, 2.05) is 37.3 Å². The minimum Gasteiger partial charge on any atom is -0.493 e. The summed E-state index contributed by atoms with van der Waals surface area (Å²) in [5, 5.41) is 0.699. The number of terminal acetylenes is 1. The molecule has 0 aliphatic rings. The lowest BCUT2D eigenvalue weighted by atomic mass is 10.2. The number of nitrogens with zero attached hydrogens (tertiary/aromatic N) is 1. The van der Waals surface area contributed by atoms with E-state index in [1.54, 1.807) is 13.3 Å². The lowest BCUT2D eigenvalue weighted by Gasteiger charge is -2.11. The minimum atomic E-state index is 0.196. The summed E-state index contributed by atoms with van der Waals surface area (Å²) in [5.41, 5.74) is 2.72. The average Bonchev–Trinajstić information content (AvgIpc) is 2.54. The Hall–Kier alpha value is -1.71. The lowest BCUT2D eigenvalue weighted by molar-refractivity contribution is 0.328. The second-order valence-electron chi connectivity index (χ2n) is 4.72. The molecule has 118 valence electrons. The summed E-state index contributed by atoms with van der Waals surface area (Å²) in [6.07, 6.45) is 6.99. The molecule has 0 unspecified atom stereocenters. The molecule has 0 aromatic heterocycles. The van der Waals surface area contributed by atoms with Crippen LogP contribution in [0.15, 0.2) is 35.3 Å². The zero-order valence-electron chi connectivity index (χ0n) is 12.8. The van der Waals surface area contributed by atoms with Gasteiger partial charge in [-0.05, 0) is 64.9 Å². The van der Waals surface area contributed by atoms with E-state index in [0.717, 1.165) is 20.4 Å². The van der Waals surface area contributed by atoms with Gasteiger partial charge in [0.05, 0.1) is 16.4 Å². The molecule has 0 fully saturated rings. The molecule has 0 N–H and O–H groups in total. The standard InChI is InChI=1S/C18H15ClINO2/c1-4-7-23-18-16(20)8-13(9-17(18)22-3)11-21-14-6-5-12(2)15(19)10-14/h1,5-6,8-11H,7H2,2-3H3. The first-order chi connectivity index (χ1) is 11.0. The fourth-order valence-corrected chi connectivity index (χ4v) is 2.84. The highest BCUT2D eigenvalue weighted by atomic mass is 127. The van der Waals surface area contributed by atoms with Crippen molar-refractivity contribution in [1.29, 1.82) is 0 Å². The number of halogens is 2. The van der Waals surface area contributed by atoms with Crippen LogP contribution in [0.1, 0.15) is 11.1 Å². The van der Waals surface area contributed by atoms with Gasteiger partial charge in [-0.3, -0.25) is 4.99 Å². The van der Waals surface area contributed by atoms with E-state index in [1.165, 1.54) is 0 Å². The van der Waals surface area contributed by atoms with E-state index in [9.17, 15) is 0 Å². The van der Waals surface area contributed by atoms with Gasteiger partial charge < -0.3 is 9.47 Å². The summed E-state index contributed by atoms with van der Waals surface area (Å²) in [5.74, 6) is 3.71. The van der Waals surface area contributed by atoms with E-state index in [4.69, 9.17) is 27.5 Å². The molecule has 0 aliphatic heterocycles. The van der Waals surface area contributed by atoms with Crippen LogP contribution in [-0.4, -0.2) is 19.9 Å². The van der Waals surface area contributed by atoms with Crippen LogP contribution in [0.2, 0.25) is 5.02 Å². The molecule has 0 bridgehead atoms. The fraction of sp³-hybridized carbons (Fsp3) is 0.167. The molecule has 0 saturated carbocycles. The molecule has 0 spiro atoms. The Morgan fingerprint density at radius 1 is 1.35 bits per heavy atom. The Labute approximate surface area is 154 Å². The monoisotopic (exact) mass is 439 g/mol. The molecular weight excluding hydrogens is 425 g/mol. The number of aliphatic imine (C=N–C) groups is 1. The first-order valence-electron chi connectivity index (χ1n) is 6.79. The maximum Gasteiger partial charge on any atom is 0.175 e. The number of hydrogen-bond donors (Lipinski definition) is 0. The predicted molar refractivity (Wildman–Crippen MR) is 103 cm³/mol. The van der Waals surface area contributed by atoms with Crippen molar-refractivity contribution in [1.82, 2.24) is 0 Å². The lowest BCUT2D eigenvalue weighted by Crippen LogP contribution is -2.00. The predicted octanol–water partition coefficient (Wildman–Crippen LogP) is 5.02. The third-order valence-corrected chi connectivity index (χ3v) is 4.28. The molecule has 5 heteroatoms. The molecule has 0 aliphatic carbocycles. The largest absolute Gasteiger partial charge is 0.493 e. The zero-order chi connectivity index (χ0) is 16.8. The highest BCUT2D eigenvalue weighted by Gasteiger charge is 2.10. The summed E-state index contributed by atoms with van der Waals surface area (Å²) in [6, 6.07) is 9.50. The number of methoxy groups -OCH3 is 1. The van der Waals surface area contributed by atoms with Gasteiger partial charge in [0, 0.05) is 11.2 Å². The van der Waals surface area contributed by atoms with Crippen molar-refractivity contribution in [2.75, 3.05) is 13.7 Å². The minimum absolute atomic E-state index is 0.196. The normalized spacial score (nSPS) is 10.6. The van der Waals surface area contributed by atoms with Gasteiger partial charge in [0.2, 0.25) is 0 Å². The maximum absolute atomic E-state index is 6.11. The number of aryl methyl sites for hydroxylation is 1. The third-order valence-electron chi connectivity index (χ3n) is 3.07. The summed E-state index contributed by atoms with van der Waals surface area (Å²) >= 11 is 8.29.